The second kappa shape index (κ2) is 5.98. The molecule has 8 heteroatoms. The number of rotatable bonds is 4. The monoisotopic (exact) mass is 371 g/mol. The van der Waals surface area contributed by atoms with Crippen LogP contribution in [0.2, 0.25) is 0 Å². The van der Waals surface area contributed by atoms with Gasteiger partial charge in [0.1, 0.15) is 6.54 Å². The van der Waals surface area contributed by atoms with Gasteiger partial charge in [-0.2, -0.15) is 16.4 Å². The third-order valence-electron chi connectivity index (χ3n) is 3.91. The number of benzene rings is 2. The largest absolute Gasteiger partial charge is 0.271 e. The van der Waals surface area contributed by atoms with Gasteiger partial charge in [-0.05, 0) is 34.3 Å². The van der Waals surface area contributed by atoms with Crippen molar-refractivity contribution in [2.75, 3.05) is 10.8 Å². The molecule has 0 atom stereocenters. The maximum atomic E-state index is 12.8. The minimum Gasteiger partial charge on any atom is -0.271 e. The first-order valence-corrected chi connectivity index (χ1v) is 9.84. The lowest BCUT2D eigenvalue weighted by molar-refractivity contribution is -0.119. The molecular formula is C17H13N3O3S2. The first-order chi connectivity index (χ1) is 12.1. The lowest BCUT2D eigenvalue weighted by atomic mass is 10.1. The molecule has 0 fully saturated rings. The molecule has 0 radical (unpaired) electrons. The van der Waals surface area contributed by atoms with Gasteiger partial charge in [0.25, 0.3) is 15.9 Å². The molecule has 1 N–H and O–H groups in total. The minimum atomic E-state index is -3.74. The van der Waals surface area contributed by atoms with Crippen LogP contribution in [-0.2, 0) is 14.8 Å². The summed E-state index contributed by atoms with van der Waals surface area (Å²) in [5.41, 5.74) is 3.76. The topological polar surface area (TPSA) is 78.8 Å². The van der Waals surface area contributed by atoms with Crippen LogP contribution in [0.25, 0.3) is 10.8 Å². The zero-order valence-electron chi connectivity index (χ0n) is 12.9. The fourth-order valence-corrected chi connectivity index (χ4v) is 5.10. The SMILES string of the molecule is O=C(CN1c2cccc3cccc(c23)S1(=O)=O)N/N=C\c1ccsc1. The lowest BCUT2D eigenvalue weighted by Gasteiger charge is -2.17. The second-order valence-corrected chi connectivity index (χ2v) is 8.10. The van der Waals surface area contributed by atoms with Crippen LogP contribution in [-0.4, -0.2) is 27.1 Å². The summed E-state index contributed by atoms with van der Waals surface area (Å²) in [7, 11) is -3.74. The molecule has 0 saturated heterocycles. The number of carbonyl (C=O) groups excluding carboxylic acids is 1. The summed E-state index contributed by atoms with van der Waals surface area (Å²) < 4.78 is 26.7. The molecule has 6 nitrogen and oxygen atoms in total. The van der Waals surface area contributed by atoms with Crippen LogP contribution in [0.15, 0.2) is 63.2 Å². The molecule has 0 aliphatic carbocycles. The van der Waals surface area contributed by atoms with Crippen molar-refractivity contribution >= 4 is 49.9 Å². The molecule has 1 aromatic heterocycles. The van der Waals surface area contributed by atoms with Gasteiger partial charge in [-0.15, -0.1) is 0 Å². The molecule has 3 aromatic rings. The van der Waals surface area contributed by atoms with E-state index in [1.807, 2.05) is 29.0 Å². The Morgan fingerprint density at radius 3 is 2.76 bits per heavy atom. The van der Waals surface area contributed by atoms with Gasteiger partial charge in [0.2, 0.25) is 0 Å². The number of nitrogens with zero attached hydrogens (tertiary/aromatic N) is 2. The van der Waals surface area contributed by atoms with Crippen molar-refractivity contribution in [3.8, 4) is 0 Å². The molecule has 1 aliphatic rings. The van der Waals surface area contributed by atoms with Gasteiger partial charge >= 0.3 is 0 Å². The minimum absolute atomic E-state index is 0.232. The summed E-state index contributed by atoms with van der Waals surface area (Å²) in [4.78, 5) is 12.4. The lowest BCUT2D eigenvalue weighted by Crippen LogP contribution is -2.37. The van der Waals surface area contributed by atoms with Crippen molar-refractivity contribution in [1.29, 1.82) is 0 Å². The van der Waals surface area contributed by atoms with E-state index in [1.165, 1.54) is 17.6 Å². The van der Waals surface area contributed by atoms with Gasteiger partial charge in [0.05, 0.1) is 16.8 Å². The number of amides is 1. The first-order valence-electron chi connectivity index (χ1n) is 7.46. The number of hydrazone groups is 1. The molecule has 126 valence electrons. The van der Waals surface area contributed by atoms with E-state index in [0.29, 0.717) is 11.1 Å². The van der Waals surface area contributed by atoms with Crippen LogP contribution in [0.5, 0.6) is 0 Å². The van der Waals surface area contributed by atoms with Crippen LogP contribution in [0.3, 0.4) is 0 Å². The molecular weight excluding hydrogens is 358 g/mol. The zero-order chi connectivity index (χ0) is 17.4. The van der Waals surface area contributed by atoms with Crippen LogP contribution in [0, 0.1) is 0 Å². The first kappa shape index (κ1) is 15.8. The van der Waals surface area contributed by atoms with Crippen molar-refractivity contribution in [3.05, 3.63) is 58.8 Å². The Kier molecular flexibility index (Phi) is 3.78. The molecule has 25 heavy (non-hydrogen) atoms. The third-order valence-corrected chi connectivity index (χ3v) is 6.42. The molecule has 0 unspecified atom stereocenters. The number of anilines is 1. The van der Waals surface area contributed by atoms with E-state index in [4.69, 9.17) is 0 Å². The summed E-state index contributed by atoms with van der Waals surface area (Å²) >= 11 is 1.52. The summed E-state index contributed by atoms with van der Waals surface area (Å²) in [6.07, 6.45) is 1.52. The summed E-state index contributed by atoms with van der Waals surface area (Å²) in [6.45, 7) is -0.322. The molecule has 1 amide bonds. The molecule has 2 aromatic carbocycles. The standard InChI is InChI=1S/C17H13N3O3S2/c21-16(19-18-9-12-7-8-24-11-12)10-20-14-5-1-3-13-4-2-6-15(17(13)14)25(20,22)23/h1-9,11H,10H2,(H,19,21)/b18-9-. The van der Waals surface area contributed by atoms with E-state index < -0.39 is 15.9 Å². The number of carbonyl (C=O) groups is 1. The predicted octanol–water partition coefficient (Wildman–Crippen LogP) is 2.56. The smallest absolute Gasteiger partial charge is 0.265 e. The van der Waals surface area contributed by atoms with Gasteiger partial charge in [0, 0.05) is 10.9 Å². The van der Waals surface area contributed by atoms with E-state index >= 15 is 0 Å². The average molecular weight is 371 g/mol. The number of thiophene rings is 1. The van der Waals surface area contributed by atoms with Crippen molar-refractivity contribution in [1.82, 2.24) is 5.43 Å². The van der Waals surface area contributed by atoms with Gasteiger partial charge in [-0.25, -0.2) is 13.8 Å². The Hall–Kier alpha value is -2.71. The maximum Gasteiger partial charge on any atom is 0.265 e. The Morgan fingerprint density at radius 2 is 2.00 bits per heavy atom. The number of hydrogen-bond donors (Lipinski definition) is 1. The Labute approximate surface area is 148 Å². The van der Waals surface area contributed by atoms with Crippen LogP contribution in [0.4, 0.5) is 5.69 Å². The second-order valence-electron chi connectivity index (χ2n) is 5.49. The van der Waals surface area contributed by atoms with Crippen molar-refractivity contribution in [2.45, 2.75) is 4.90 Å². The summed E-state index contributed by atoms with van der Waals surface area (Å²) in [6, 6.07) is 12.3. The Bertz CT molecular complexity index is 1080. The highest BCUT2D eigenvalue weighted by molar-refractivity contribution is 7.93. The molecule has 2 heterocycles. The molecule has 0 bridgehead atoms. The Morgan fingerprint density at radius 1 is 1.20 bits per heavy atom. The van der Waals surface area contributed by atoms with Crippen LogP contribution < -0.4 is 9.73 Å². The number of nitrogens with one attached hydrogen (secondary N) is 1. The molecule has 0 spiro atoms. The quantitative estimate of drug-likeness (QED) is 0.565. The zero-order valence-corrected chi connectivity index (χ0v) is 14.5. The van der Waals surface area contributed by atoms with E-state index in [9.17, 15) is 13.2 Å². The van der Waals surface area contributed by atoms with Crippen molar-refractivity contribution in [2.24, 2.45) is 5.10 Å². The van der Waals surface area contributed by atoms with Crippen LogP contribution >= 0.6 is 11.3 Å². The van der Waals surface area contributed by atoms with Crippen molar-refractivity contribution < 1.29 is 13.2 Å². The van der Waals surface area contributed by atoms with Crippen LogP contribution in [0.1, 0.15) is 5.56 Å². The highest BCUT2D eigenvalue weighted by Crippen LogP contribution is 2.41. The highest BCUT2D eigenvalue weighted by atomic mass is 32.2. The average Bonchev–Trinajstić information content (AvgIpc) is 3.18. The third kappa shape index (κ3) is 2.69. The maximum absolute atomic E-state index is 12.8. The van der Waals surface area contributed by atoms with Gasteiger partial charge < -0.3 is 0 Å². The normalized spacial score (nSPS) is 15.1. The Balaban J connectivity index is 1.59. The van der Waals surface area contributed by atoms with Gasteiger partial charge in [-0.1, -0.05) is 24.3 Å². The van der Waals surface area contributed by atoms with E-state index in [1.54, 1.807) is 24.3 Å². The summed E-state index contributed by atoms with van der Waals surface area (Å²) in [5.74, 6) is -0.500. The number of sulfonamides is 1. The molecule has 4 rings (SSSR count). The van der Waals surface area contributed by atoms with Gasteiger partial charge in [0.15, 0.2) is 0 Å². The highest BCUT2D eigenvalue weighted by Gasteiger charge is 2.36. The fraction of sp³-hybridized carbons (Fsp3) is 0.0588. The van der Waals surface area contributed by atoms with E-state index in [-0.39, 0.29) is 11.4 Å². The molecule has 1 aliphatic heterocycles. The van der Waals surface area contributed by atoms with Gasteiger partial charge in [-0.3, -0.25) is 9.10 Å². The summed E-state index contributed by atoms with van der Waals surface area (Å²) in [5, 5.41) is 9.13. The number of hydrogen-bond acceptors (Lipinski definition) is 5. The van der Waals surface area contributed by atoms with Crippen molar-refractivity contribution in [3.63, 3.8) is 0 Å². The fourth-order valence-electron chi connectivity index (χ4n) is 2.82. The molecule has 0 saturated carbocycles. The van der Waals surface area contributed by atoms with E-state index in [0.717, 1.165) is 15.3 Å². The van der Waals surface area contributed by atoms with E-state index in [2.05, 4.69) is 10.5 Å². The predicted molar refractivity (Wildman–Crippen MR) is 98.5 cm³/mol.